The number of fused-ring (bicyclic) bond motifs is 1. The Kier molecular flexibility index (Phi) is 5.75. The van der Waals surface area contributed by atoms with Crippen LogP contribution in [0.4, 0.5) is 10.2 Å². The summed E-state index contributed by atoms with van der Waals surface area (Å²) < 4.78 is 16.0. The lowest BCUT2D eigenvalue weighted by atomic mass is 10.2. The van der Waals surface area contributed by atoms with Crippen LogP contribution in [0.3, 0.4) is 0 Å². The van der Waals surface area contributed by atoms with Crippen molar-refractivity contribution in [3.05, 3.63) is 33.9 Å². The summed E-state index contributed by atoms with van der Waals surface area (Å²) in [6, 6.07) is 1.11. The number of hydrogen-bond donors (Lipinski definition) is 2. The highest BCUT2D eigenvalue weighted by Crippen LogP contribution is 2.21. The summed E-state index contributed by atoms with van der Waals surface area (Å²) in [5, 5.41) is 11.3. The van der Waals surface area contributed by atoms with Crippen molar-refractivity contribution in [3.8, 4) is 0 Å². The second-order valence-corrected chi connectivity index (χ2v) is 5.48. The highest BCUT2D eigenvalue weighted by molar-refractivity contribution is 5.92. The molecule has 0 saturated carbocycles. The standard InChI is InChI=1S/C15H17FN4O3.HI/c1-2-19-8-10(15(22)23)12(21)9-7-11(16)14(18-13(9)19)20-5-3-17-4-6-20;/h7-8,17H,2-6H2,1H3,(H,22,23);1H. The first-order valence-corrected chi connectivity index (χ1v) is 7.56. The van der Waals surface area contributed by atoms with Gasteiger partial charge in [0.25, 0.3) is 0 Å². The first-order chi connectivity index (χ1) is 11.0. The zero-order chi connectivity index (χ0) is 16.6. The second kappa shape index (κ2) is 7.43. The van der Waals surface area contributed by atoms with Gasteiger partial charge in [-0.2, -0.15) is 0 Å². The van der Waals surface area contributed by atoms with E-state index in [-0.39, 0.29) is 40.7 Å². The average Bonchev–Trinajstić information content (AvgIpc) is 2.55. The minimum Gasteiger partial charge on any atom is -1.00 e. The fourth-order valence-electron chi connectivity index (χ4n) is 2.85. The van der Waals surface area contributed by atoms with E-state index in [0.29, 0.717) is 25.3 Å². The van der Waals surface area contributed by atoms with Crippen LogP contribution in [0.5, 0.6) is 0 Å². The zero-order valence-corrected chi connectivity index (χ0v) is 15.3. The number of pyridine rings is 2. The first kappa shape index (κ1) is 18.6. The molecule has 0 aromatic carbocycles. The summed E-state index contributed by atoms with van der Waals surface area (Å²) in [5.74, 6) is -1.70. The van der Waals surface area contributed by atoms with Gasteiger partial charge in [0.05, 0.1) is 31.6 Å². The first-order valence-electron chi connectivity index (χ1n) is 7.56. The van der Waals surface area contributed by atoms with Crippen LogP contribution < -0.4 is 39.6 Å². The molecular formula is C15H18FIN4O3. The third-order valence-electron chi connectivity index (χ3n) is 4.06. The Bertz CT molecular complexity index is 834. The number of nitrogens with two attached hydrogens (primary N) is 1. The molecule has 0 unspecified atom stereocenters. The molecule has 3 rings (SSSR count). The van der Waals surface area contributed by atoms with Gasteiger partial charge in [0, 0.05) is 12.7 Å². The maximum atomic E-state index is 14.4. The molecule has 130 valence electrons. The summed E-state index contributed by atoms with van der Waals surface area (Å²) in [6.07, 6.45) is 1.27. The molecule has 1 aliphatic rings. The van der Waals surface area contributed by atoms with Crippen molar-refractivity contribution in [3.63, 3.8) is 0 Å². The lowest BCUT2D eigenvalue weighted by molar-refractivity contribution is -0.655. The van der Waals surface area contributed by atoms with Crippen LogP contribution >= 0.6 is 0 Å². The van der Waals surface area contributed by atoms with E-state index >= 15 is 0 Å². The summed E-state index contributed by atoms with van der Waals surface area (Å²) in [6.45, 7) is 5.33. The van der Waals surface area contributed by atoms with Crippen LogP contribution in [0.15, 0.2) is 17.1 Å². The summed E-state index contributed by atoms with van der Waals surface area (Å²) in [7, 11) is 0. The molecule has 0 radical (unpaired) electrons. The molecular weight excluding hydrogens is 430 g/mol. The van der Waals surface area contributed by atoms with Crippen molar-refractivity contribution in [2.24, 2.45) is 0 Å². The highest BCUT2D eigenvalue weighted by Gasteiger charge is 2.22. The number of aromatic carboxylic acids is 1. The van der Waals surface area contributed by atoms with Gasteiger partial charge in [0.2, 0.25) is 5.43 Å². The van der Waals surface area contributed by atoms with Gasteiger partial charge < -0.3 is 43.9 Å². The third-order valence-corrected chi connectivity index (χ3v) is 4.06. The number of quaternary nitrogens is 1. The number of piperazine rings is 1. The maximum absolute atomic E-state index is 14.4. The molecule has 0 aliphatic carbocycles. The van der Waals surface area contributed by atoms with Gasteiger partial charge >= 0.3 is 5.97 Å². The molecule has 0 bridgehead atoms. The summed E-state index contributed by atoms with van der Waals surface area (Å²) >= 11 is 0. The van der Waals surface area contributed by atoms with E-state index in [9.17, 15) is 14.0 Å². The smallest absolute Gasteiger partial charge is 0.341 e. The number of halogens is 2. The minimum atomic E-state index is -1.32. The van der Waals surface area contributed by atoms with E-state index in [1.165, 1.54) is 6.20 Å². The lowest BCUT2D eigenvalue weighted by Gasteiger charge is -2.27. The van der Waals surface area contributed by atoms with Crippen molar-refractivity contribution in [1.82, 2.24) is 9.55 Å². The monoisotopic (exact) mass is 448 g/mol. The van der Waals surface area contributed by atoms with Crippen molar-refractivity contribution in [2.45, 2.75) is 13.5 Å². The third kappa shape index (κ3) is 3.22. The Hall–Kier alpha value is -1.75. The lowest BCUT2D eigenvalue weighted by Crippen LogP contribution is -3.00. The van der Waals surface area contributed by atoms with Crippen LogP contribution in [0.25, 0.3) is 11.0 Å². The van der Waals surface area contributed by atoms with Crippen molar-refractivity contribution in [1.29, 1.82) is 0 Å². The number of rotatable bonds is 3. The van der Waals surface area contributed by atoms with E-state index in [1.54, 1.807) is 4.57 Å². The fourth-order valence-corrected chi connectivity index (χ4v) is 2.85. The molecule has 3 N–H and O–H groups in total. The molecule has 7 nitrogen and oxygen atoms in total. The number of aryl methyl sites for hydroxylation is 1. The number of carboxylic acid groups (broad SMARTS) is 1. The molecule has 2 aromatic heterocycles. The van der Waals surface area contributed by atoms with E-state index < -0.39 is 17.2 Å². The molecule has 9 heteroatoms. The Labute approximate surface area is 154 Å². The van der Waals surface area contributed by atoms with Gasteiger partial charge in [-0.3, -0.25) is 4.79 Å². The Morgan fingerprint density at radius 1 is 1.42 bits per heavy atom. The normalized spacial score (nSPS) is 14.5. The van der Waals surface area contributed by atoms with Gasteiger partial charge in [-0.05, 0) is 13.0 Å². The largest absolute Gasteiger partial charge is 1.00 e. The van der Waals surface area contributed by atoms with E-state index in [0.717, 1.165) is 19.2 Å². The molecule has 1 saturated heterocycles. The molecule has 3 heterocycles. The highest BCUT2D eigenvalue weighted by atomic mass is 127. The van der Waals surface area contributed by atoms with Gasteiger partial charge in [-0.15, -0.1) is 0 Å². The number of nitrogens with zero attached hydrogens (tertiary/aromatic N) is 3. The number of carbonyl (C=O) groups is 1. The van der Waals surface area contributed by atoms with Gasteiger partial charge in [0.1, 0.15) is 11.2 Å². The molecule has 0 spiro atoms. The van der Waals surface area contributed by atoms with Gasteiger partial charge in [-0.1, -0.05) is 0 Å². The predicted molar refractivity (Wildman–Crippen MR) is 82.5 cm³/mol. The van der Waals surface area contributed by atoms with Crippen molar-refractivity contribution >= 4 is 22.8 Å². The Balaban J connectivity index is 0.00000208. The molecule has 0 amide bonds. The fraction of sp³-hybridized carbons (Fsp3) is 0.400. The number of carboxylic acids is 1. The Morgan fingerprint density at radius 3 is 2.67 bits per heavy atom. The summed E-state index contributed by atoms with van der Waals surface area (Å²) in [4.78, 5) is 29.6. The molecule has 24 heavy (non-hydrogen) atoms. The van der Waals surface area contributed by atoms with Crippen LogP contribution in [-0.4, -0.2) is 46.8 Å². The summed E-state index contributed by atoms with van der Waals surface area (Å²) in [5.41, 5.74) is -0.767. The minimum absolute atomic E-state index is 0. The number of anilines is 1. The van der Waals surface area contributed by atoms with E-state index in [2.05, 4.69) is 10.3 Å². The second-order valence-electron chi connectivity index (χ2n) is 5.48. The van der Waals surface area contributed by atoms with Crippen LogP contribution in [-0.2, 0) is 6.54 Å². The van der Waals surface area contributed by atoms with Gasteiger partial charge in [-0.25, -0.2) is 14.2 Å². The maximum Gasteiger partial charge on any atom is 0.341 e. The van der Waals surface area contributed by atoms with E-state index in [1.807, 2.05) is 11.8 Å². The van der Waals surface area contributed by atoms with Crippen LogP contribution in [0.2, 0.25) is 0 Å². The average molecular weight is 448 g/mol. The van der Waals surface area contributed by atoms with Crippen LogP contribution in [0.1, 0.15) is 17.3 Å². The number of hydrogen-bond acceptors (Lipinski definition) is 4. The topological polar surface area (TPSA) is 92.0 Å². The van der Waals surface area contributed by atoms with Gasteiger partial charge in [0.15, 0.2) is 11.6 Å². The zero-order valence-electron chi connectivity index (χ0n) is 13.1. The number of aromatic nitrogens is 2. The predicted octanol–water partition coefficient (Wildman–Crippen LogP) is -3.36. The SMILES string of the molecule is CCn1cc(C(=O)O)c(=O)c2cc(F)c(N3CC[NH2+]CC3)nc21.[I-]. The Morgan fingerprint density at radius 2 is 2.08 bits per heavy atom. The van der Waals surface area contributed by atoms with E-state index in [4.69, 9.17) is 5.11 Å². The van der Waals surface area contributed by atoms with Crippen LogP contribution in [0, 0.1) is 5.82 Å². The molecule has 1 aliphatic heterocycles. The quantitative estimate of drug-likeness (QED) is 0.479. The molecule has 0 atom stereocenters. The van der Waals surface area contributed by atoms with Crippen molar-refractivity contribution in [2.75, 3.05) is 31.1 Å². The molecule has 1 fully saturated rings. The van der Waals surface area contributed by atoms with Crippen molar-refractivity contribution < 1.29 is 43.6 Å². The molecule has 2 aromatic rings.